The molecule has 11 heavy (non-hydrogen) atoms. The first-order valence-electron chi connectivity index (χ1n) is 2.87. The number of aliphatic imine (C=N–C) groups is 1. The van der Waals surface area contributed by atoms with E-state index in [1.54, 1.807) is 0 Å². The van der Waals surface area contributed by atoms with Crippen molar-refractivity contribution < 1.29 is 13.2 Å². The molecule has 0 heterocycles. The van der Waals surface area contributed by atoms with Gasteiger partial charge in [0.1, 0.15) is 6.54 Å². The number of nitrogens with two attached hydrogens (primary N) is 1. The highest BCUT2D eigenvalue weighted by atomic mass is 19.4. The predicted molar refractivity (Wildman–Crippen MR) is 36.2 cm³/mol. The van der Waals surface area contributed by atoms with Crippen molar-refractivity contribution in [1.82, 2.24) is 4.90 Å². The van der Waals surface area contributed by atoms with Gasteiger partial charge in [0.2, 0.25) is 0 Å². The zero-order valence-corrected chi connectivity index (χ0v) is 6.31. The van der Waals surface area contributed by atoms with Crippen molar-refractivity contribution in [1.29, 1.82) is 0 Å². The van der Waals surface area contributed by atoms with E-state index in [0.717, 1.165) is 4.90 Å². The zero-order chi connectivity index (χ0) is 9.07. The van der Waals surface area contributed by atoms with Crippen LogP contribution in [0.4, 0.5) is 13.2 Å². The summed E-state index contributed by atoms with van der Waals surface area (Å²) in [5.74, 6) is -0.123. The Morgan fingerprint density at radius 2 is 2.00 bits per heavy atom. The van der Waals surface area contributed by atoms with Crippen molar-refractivity contribution >= 4 is 5.96 Å². The van der Waals surface area contributed by atoms with Gasteiger partial charge in [-0.05, 0) is 0 Å². The number of hydrogen-bond donors (Lipinski definition) is 1. The van der Waals surface area contributed by atoms with E-state index < -0.39 is 12.7 Å². The van der Waals surface area contributed by atoms with E-state index in [2.05, 4.69) is 4.99 Å². The van der Waals surface area contributed by atoms with Crippen molar-refractivity contribution in [2.45, 2.75) is 6.18 Å². The third-order valence-electron chi connectivity index (χ3n) is 1.04. The molecule has 0 unspecified atom stereocenters. The van der Waals surface area contributed by atoms with E-state index in [1.807, 2.05) is 0 Å². The molecule has 6 heteroatoms. The standard InChI is InChI=1S/C5H10F3N3/c1-10-4(9)11(2)3-5(6,7)8/h3H2,1-2H3,(H2,9,10). The molecule has 0 aliphatic rings. The molecule has 0 atom stereocenters. The summed E-state index contributed by atoms with van der Waals surface area (Å²) in [5, 5.41) is 0. The number of halogens is 3. The van der Waals surface area contributed by atoms with Gasteiger partial charge in [0, 0.05) is 14.1 Å². The van der Waals surface area contributed by atoms with Crippen LogP contribution in [0.1, 0.15) is 0 Å². The van der Waals surface area contributed by atoms with Gasteiger partial charge in [-0.15, -0.1) is 0 Å². The van der Waals surface area contributed by atoms with Gasteiger partial charge in [-0.1, -0.05) is 0 Å². The van der Waals surface area contributed by atoms with E-state index >= 15 is 0 Å². The summed E-state index contributed by atoms with van der Waals surface area (Å²) in [6, 6.07) is 0. The second-order valence-electron chi connectivity index (χ2n) is 2.05. The number of guanidine groups is 1. The molecular formula is C5H10F3N3. The van der Waals surface area contributed by atoms with E-state index in [-0.39, 0.29) is 5.96 Å². The molecule has 0 amide bonds. The van der Waals surface area contributed by atoms with Crippen molar-refractivity contribution in [3.63, 3.8) is 0 Å². The van der Waals surface area contributed by atoms with E-state index in [1.165, 1.54) is 14.1 Å². The van der Waals surface area contributed by atoms with Crippen LogP contribution in [-0.4, -0.2) is 37.7 Å². The van der Waals surface area contributed by atoms with Crippen molar-refractivity contribution in [3.8, 4) is 0 Å². The van der Waals surface area contributed by atoms with Crippen LogP contribution in [-0.2, 0) is 0 Å². The van der Waals surface area contributed by atoms with Gasteiger partial charge in [-0.3, -0.25) is 4.99 Å². The Hall–Kier alpha value is -0.940. The van der Waals surface area contributed by atoms with Gasteiger partial charge in [0.05, 0.1) is 0 Å². The number of rotatable bonds is 1. The van der Waals surface area contributed by atoms with Crippen LogP contribution < -0.4 is 5.73 Å². The Morgan fingerprint density at radius 1 is 1.55 bits per heavy atom. The lowest BCUT2D eigenvalue weighted by Crippen LogP contribution is -2.40. The minimum absolute atomic E-state index is 0.123. The number of alkyl halides is 3. The molecular weight excluding hydrogens is 159 g/mol. The van der Waals surface area contributed by atoms with Gasteiger partial charge < -0.3 is 10.6 Å². The van der Waals surface area contributed by atoms with E-state index in [0.29, 0.717) is 0 Å². The first-order chi connectivity index (χ1) is 4.87. The summed E-state index contributed by atoms with van der Waals surface area (Å²) in [6.45, 7) is -1.07. The topological polar surface area (TPSA) is 41.6 Å². The fraction of sp³-hybridized carbons (Fsp3) is 0.800. The smallest absolute Gasteiger partial charge is 0.370 e. The molecule has 0 saturated carbocycles. The molecule has 2 N–H and O–H groups in total. The highest BCUT2D eigenvalue weighted by molar-refractivity contribution is 5.77. The van der Waals surface area contributed by atoms with Crippen molar-refractivity contribution in [2.24, 2.45) is 10.7 Å². The summed E-state index contributed by atoms with van der Waals surface area (Å²) in [4.78, 5) is 4.23. The molecule has 0 aliphatic carbocycles. The highest BCUT2D eigenvalue weighted by Gasteiger charge is 2.29. The minimum atomic E-state index is -4.23. The summed E-state index contributed by atoms with van der Waals surface area (Å²) in [6.07, 6.45) is -4.23. The molecule has 0 fully saturated rings. The SMILES string of the molecule is CN=C(N)N(C)CC(F)(F)F. The Labute approximate surface area is 62.7 Å². The lowest BCUT2D eigenvalue weighted by Gasteiger charge is -2.18. The molecule has 0 saturated heterocycles. The van der Waals surface area contributed by atoms with Crippen LogP contribution in [0, 0.1) is 0 Å². The molecule has 66 valence electrons. The largest absolute Gasteiger partial charge is 0.406 e. The molecule has 0 rings (SSSR count). The average molecular weight is 169 g/mol. The Kier molecular flexibility index (Phi) is 3.16. The number of hydrogen-bond acceptors (Lipinski definition) is 1. The summed E-state index contributed by atoms with van der Waals surface area (Å²) < 4.78 is 35.0. The Bertz CT molecular complexity index is 152. The van der Waals surface area contributed by atoms with Crippen LogP contribution in [0.15, 0.2) is 4.99 Å². The predicted octanol–water partition coefficient (Wildman–Crippen LogP) is 0.425. The second-order valence-corrected chi connectivity index (χ2v) is 2.05. The van der Waals surface area contributed by atoms with Crippen LogP contribution in [0.25, 0.3) is 0 Å². The minimum Gasteiger partial charge on any atom is -0.370 e. The van der Waals surface area contributed by atoms with Gasteiger partial charge >= 0.3 is 6.18 Å². The third-order valence-corrected chi connectivity index (χ3v) is 1.04. The quantitative estimate of drug-likeness (QED) is 0.456. The first kappa shape index (κ1) is 10.1. The maximum Gasteiger partial charge on any atom is 0.406 e. The molecule has 0 aromatic carbocycles. The van der Waals surface area contributed by atoms with E-state index in [9.17, 15) is 13.2 Å². The Balaban J connectivity index is 3.98. The summed E-state index contributed by atoms with van der Waals surface area (Å²) >= 11 is 0. The van der Waals surface area contributed by atoms with Gasteiger partial charge in [-0.25, -0.2) is 0 Å². The molecule has 0 radical (unpaired) electrons. The second kappa shape index (κ2) is 3.45. The highest BCUT2D eigenvalue weighted by Crippen LogP contribution is 2.14. The fourth-order valence-corrected chi connectivity index (χ4v) is 0.521. The first-order valence-corrected chi connectivity index (χ1v) is 2.87. The van der Waals surface area contributed by atoms with E-state index in [4.69, 9.17) is 5.73 Å². The third kappa shape index (κ3) is 4.46. The van der Waals surface area contributed by atoms with Crippen LogP contribution in [0.3, 0.4) is 0 Å². The normalized spacial score (nSPS) is 13.4. The van der Waals surface area contributed by atoms with Crippen molar-refractivity contribution in [3.05, 3.63) is 0 Å². The van der Waals surface area contributed by atoms with Crippen LogP contribution >= 0.6 is 0 Å². The molecule has 3 nitrogen and oxygen atoms in total. The summed E-state index contributed by atoms with van der Waals surface area (Å²) in [7, 11) is 2.57. The lowest BCUT2D eigenvalue weighted by atomic mass is 10.5. The molecule has 0 aliphatic heterocycles. The average Bonchev–Trinajstić information content (AvgIpc) is 1.82. The lowest BCUT2D eigenvalue weighted by molar-refractivity contribution is -0.135. The van der Waals surface area contributed by atoms with Gasteiger partial charge in [0.15, 0.2) is 5.96 Å². The van der Waals surface area contributed by atoms with Crippen LogP contribution in [0.5, 0.6) is 0 Å². The summed E-state index contributed by atoms with van der Waals surface area (Å²) in [5.41, 5.74) is 5.10. The molecule has 0 aromatic heterocycles. The monoisotopic (exact) mass is 169 g/mol. The number of nitrogens with zero attached hydrogens (tertiary/aromatic N) is 2. The van der Waals surface area contributed by atoms with Crippen LogP contribution in [0.2, 0.25) is 0 Å². The molecule has 0 spiro atoms. The van der Waals surface area contributed by atoms with Crippen molar-refractivity contribution in [2.75, 3.05) is 20.6 Å². The molecule has 0 aromatic rings. The van der Waals surface area contributed by atoms with Gasteiger partial charge in [-0.2, -0.15) is 13.2 Å². The fourth-order valence-electron chi connectivity index (χ4n) is 0.521. The van der Waals surface area contributed by atoms with Gasteiger partial charge in [0.25, 0.3) is 0 Å². The Morgan fingerprint density at radius 3 is 2.27 bits per heavy atom. The maximum absolute atomic E-state index is 11.7. The zero-order valence-electron chi connectivity index (χ0n) is 6.31. The molecule has 0 bridgehead atoms. The maximum atomic E-state index is 11.7.